The molecule has 2 aromatic carbocycles. The third kappa shape index (κ3) is 3.45. The highest BCUT2D eigenvalue weighted by molar-refractivity contribution is 7.89. The lowest BCUT2D eigenvalue weighted by Crippen LogP contribution is -3.19. The lowest BCUT2D eigenvalue weighted by atomic mass is 10.1. The van der Waals surface area contributed by atoms with Gasteiger partial charge in [0.25, 0.3) is 5.91 Å². The summed E-state index contributed by atoms with van der Waals surface area (Å²) in [4.78, 5) is 16.4. The summed E-state index contributed by atoms with van der Waals surface area (Å²) in [6.07, 6.45) is 0.896. The molecule has 28 heavy (non-hydrogen) atoms. The minimum absolute atomic E-state index is 0.124. The van der Waals surface area contributed by atoms with E-state index in [1.54, 1.807) is 24.3 Å². The fraction of sp³-hybridized carbons (Fsp3) is 0.381. The Morgan fingerprint density at radius 2 is 1.61 bits per heavy atom. The van der Waals surface area contributed by atoms with Crippen LogP contribution in [0.15, 0.2) is 59.5 Å². The van der Waals surface area contributed by atoms with Crippen LogP contribution in [0.2, 0.25) is 0 Å². The summed E-state index contributed by atoms with van der Waals surface area (Å²) >= 11 is 0. The van der Waals surface area contributed by atoms with Gasteiger partial charge in [0.2, 0.25) is 10.0 Å². The Bertz CT molecular complexity index is 954. The van der Waals surface area contributed by atoms with Crippen molar-refractivity contribution in [2.75, 3.05) is 37.6 Å². The molecule has 1 fully saturated rings. The first-order chi connectivity index (χ1) is 13.5. The maximum Gasteiger partial charge on any atom is 0.284 e. The van der Waals surface area contributed by atoms with Crippen LogP contribution < -0.4 is 9.80 Å². The van der Waals surface area contributed by atoms with Crippen LogP contribution in [0.5, 0.6) is 0 Å². The molecule has 1 atom stereocenters. The van der Waals surface area contributed by atoms with Crippen molar-refractivity contribution in [3.63, 3.8) is 0 Å². The third-order valence-corrected chi connectivity index (χ3v) is 7.79. The summed E-state index contributed by atoms with van der Waals surface area (Å²) in [7, 11) is -3.46. The molecule has 4 rings (SSSR count). The number of para-hydroxylation sites is 1. The Labute approximate surface area is 166 Å². The molecular formula is C21H26N3O3S+. The van der Waals surface area contributed by atoms with Crippen LogP contribution >= 0.6 is 0 Å². The van der Waals surface area contributed by atoms with Gasteiger partial charge >= 0.3 is 0 Å². The van der Waals surface area contributed by atoms with E-state index in [1.807, 2.05) is 36.1 Å². The predicted octanol–water partition coefficient (Wildman–Crippen LogP) is 0.554. The second-order valence-corrected chi connectivity index (χ2v) is 9.40. The number of carbonyl (C=O) groups excluding carboxylic acids is 1. The van der Waals surface area contributed by atoms with Crippen LogP contribution in [0, 0.1) is 0 Å². The molecule has 0 saturated carbocycles. The normalized spacial score (nSPS) is 19.4. The van der Waals surface area contributed by atoms with Gasteiger partial charge in [0.05, 0.1) is 31.1 Å². The molecule has 6 nitrogen and oxygen atoms in total. The van der Waals surface area contributed by atoms with Crippen LogP contribution in [-0.4, -0.2) is 57.4 Å². The van der Waals surface area contributed by atoms with E-state index in [0.717, 1.165) is 23.6 Å². The first-order valence-electron chi connectivity index (χ1n) is 9.77. The van der Waals surface area contributed by atoms with Crippen LogP contribution in [-0.2, 0) is 21.2 Å². The number of hydrogen-bond acceptors (Lipinski definition) is 3. The van der Waals surface area contributed by atoms with E-state index in [2.05, 4.69) is 6.07 Å². The maximum atomic E-state index is 13.1. The van der Waals surface area contributed by atoms with Gasteiger partial charge in [-0.2, -0.15) is 4.31 Å². The van der Waals surface area contributed by atoms with Crippen LogP contribution in [0.3, 0.4) is 0 Å². The van der Waals surface area contributed by atoms with Crippen molar-refractivity contribution in [2.24, 2.45) is 0 Å². The standard InChI is InChI=1S/C21H25N3O3S/c1-17(21(25)24-12-11-18-7-5-6-10-20(18)24)22-13-15-23(16-14-22)28(26,27)19-8-3-2-4-9-19/h2-10,17H,11-16H2,1H3/p+1/t17-/m1/s1. The lowest BCUT2D eigenvalue weighted by molar-refractivity contribution is -0.917. The molecule has 1 N–H and O–H groups in total. The fourth-order valence-electron chi connectivity index (χ4n) is 4.16. The zero-order valence-corrected chi connectivity index (χ0v) is 16.9. The number of piperazine rings is 1. The number of hydrogen-bond donors (Lipinski definition) is 1. The van der Waals surface area contributed by atoms with Crippen molar-refractivity contribution in [2.45, 2.75) is 24.3 Å². The van der Waals surface area contributed by atoms with E-state index >= 15 is 0 Å². The van der Waals surface area contributed by atoms with Crippen molar-refractivity contribution in [3.05, 3.63) is 60.2 Å². The first kappa shape index (κ1) is 19.1. The molecule has 2 heterocycles. The molecule has 0 radical (unpaired) electrons. The number of anilines is 1. The Morgan fingerprint density at radius 3 is 2.32 bits per heavy atom. The number of fused-ring (bicyclic) bond motifs is 1. The summed E-state index contributed by atoms with van der Waals surface area (Å²) in [5.41, 5.74) is 2.24. The second kappa shape index (κ2) is 7.66. The highest BCUT2D eigenvalue weighted by Crippen LogP contribution is 2.27. The van der Waals surface area contributed by atoms with Gasteiger partial charge in [-0.3, -0.25) is 4.79 Å². The summed E-state index contributed by atoms with van der Waals surface area (Å²) < 4.78 is 27.1. The van der Waals surface area contributed by atoms with Crippen LogP contribution in [0.25, 0.3) is 0 Å². The summed E-state index contributed by atoms with van der Waals surface area (Å²) in [6, 6.07) is 16.4. The van der Waals surface area contributed by atoms with Gasteiger partial charge in [0.1, 0.15) is 0 Å². The molecule has 148 valence electrons. The van der Waals surface area contributed by atoms with Crippen molar-refractivity contribution < 1.29 is 18.1 Å². The largest absolute Gasteiger partial charge is 0.323 e. The van der Waals surface area contributed by atoms with Crippen LogP contribution in [0.1, 0.15) is 12.5 Å². The van der Waals surface area contributed by atoms with Crippen molar-refractivity contribution >= 4 is 21.6 Å². The summed E-state index contributed by atoms with van der Waals surface area (Å²) in [5, 5.41) is 0. The zero-order chi connectivity index (χ0) is 19.7. The summed E-state index contributed by atoms with van der Waals surface area (Å²) in [6.45, 7) is 4.81. The minimum Gasteiger partial charge on any atom is -0.323 e. The molecule has 0 aromatic heterocycles. The van der Waals surface area contributed by atoms with Crippen LogP contribution in [0.4, 0.5) is 5.69 Å². The summed E-state index contributed by atoms with van der Waals surface area (Å²) in [5.74, 6) is 0.124. The fourth-order valence-corrected chi connectivity index (χ4v) is 5.63. The highest BCUT2D eigenvalue weighted by atomic mass is 32.2. The monoisotopic (exact) mass is 400 g/mol. The second-order valence-electron chi connectivity index (χ2n) is 7.47. The smallest absolute Gasteiger partial charge is 0.284 e. The number of rotatable bonds is 4. The number of quaternary nitrogens is 1. The first-order valence-corrected chi connectivity index (χ1v) is 11.2. The van der Waals surface area contributed by atoms with Gasteiger partial charge in [0.15, 0.2) is 6.04 Å². The SMILES string of the molecule is C[C@H](C(=O)N1CCc2ccccc21)[NH+]1CCN(S(=O)(=O)c2ccccc2)CC1. The number of carbonyl (C=O) groups is 1. The number of sulfonamides is 1. The average molecular weight is 401 g/mol. The van der Waals surface area contributed by atoms with Gasteiger partial charge in [-0.25, -0.2) is 8.42 Å². The number of nitrogens with one attached hydrogen (secondary N) is 1. The van der Waals surface area contributed by atoms with E-state index in [-0.39, 0.29) is 11.9 Å². The van der Waals surface area contributed by atoms with E-state index in [9.17, 15) is 13.2 Å². The quantitative estimate of drug-likeness (QED) is 0.816. The Kier molecular flexibility index (Phi) is 5.23. The van der Waals surface area contributed by atoms with E-state index < -0.39 is 10.0 Å². The molecule has 0 spiro atoms. The van der Waals surface area contributed by atoms with Crippen molar-refractivity contribution in [1.82, 2.24) is 4.31 Å². The topological polar surface area (TPSA) is 62.1 Å². The molecule has 1 saturated heterocycles. The molecule has 0 bridgehead atoms. The third-order valence-electron chi connectivity index (χ3n) is 5.88. The molecule has 0 aliphatic carbocycles. The van der Waals surface area contributed by atoms with Gasteiger partial charge in [-0.15, -0.1) is 0 Å². The molecular weight excluding hydrogens is 374 g/mol. The maximum absolute atomic E-state index is 13.1. The molecule has 1 amide bonds. The number of amides is 1. The predicted molar refractivity (Wildman–Crippen MR) is 108 cm³/mol. The minimum atomic E-state index is -3.46. The Morgan fingerprint density at radius 1 is 0.964 bits per heavy atom. The van der Waals surface area contributed by atoms with E-state index in [1.165, 1.54) is 9.87 Å². The number of benzene rings is 2. The molecule has 7 heteroatoms. The molecule has 0 unspecified atom stereocenters. The molecule has 2 aliphatic rings. The van der Waals surface area contributed by atoms with E-state index in [4.69, 9.17) is 0 Å². The molecule has 2 aromatic rings. The van der Waals surface area contributed by atoms with Gasteiger partial charge in [-0.05, 0) is 37.1 Å². The Hall–Kier alpha value is -2.22. The van der Waals surface area contributed by atoms with E-state index in [0.29, 0.717) is 31.1 Å². The average Bonchev–Trinajstić information content (AvgIpc) is 3.17. The van der Waals surface area contributed by atoms with Gasteiger partial charge in [0, 0.05) is 12.2 Å². The highest BCUT2D eigenvalue weighted by Gasteiger charge is 2.37. The zero-order valence-electron chi connectivity index (χ0n) is 16.0. The number of nitrogens with zero attached hydrogens (tertiary/aromatic N) is 2. The molecule has 2 aliphatic heterocycles. The Balaban J connectivity index is 1.41. The van der Waals surface area contributed by atoms with Gasteiger partial charge < -0.3 is 9.80 Å². The van der Waals surface area contributed by atoms with Crippen molar-refractivity contribution in [3.8, 4) is 0 Å². The lowest BCUT2D eigenvalue weighted by Gasteiger charge is -2.35. The van der Waals surface area contributed by atoms with Gasteiger partial charge in [-0.1, -0.05) is 36.4 Å². The van der Waals surface area contributed by atoms with Crippen molar-refractivity contribution in [1.29, 1.82) is 0 Å².